The summed E-state index contributed by atoms with van der Waals surface area (Å²) in [5.41, 5.74) is 9.04. The van der Waals surface area contributed by atoms with Gasteiger partial charge < -0.3 is 4.42 Å². The van der Waals surface area contributed by atoms with E-state index in [0.29, 0.717) is 5.89 Å². The van der Waals surface area contributed by atoms with Crippen molar-refractivity contribution >= 4 is 42.9 Å². The van der Waals surface area contributed by atoms with Crippen LogP contribution in [0.1, 0.15) is 22.6 Å². The number of aryl methyl sites for hydroxylation is 4. The van der Waals surface area contributed by atoms with Crippen molar-refractivity contribution in [3.63, 3.8) is 0 Å². The number of para-hydroxylation sites is 3. The molecule has 6 rings (SSSR count). The van der Waals surface area contributed by atoms with Crippen LogP contribution in [0.2, 0.25) is 0 Å². The summed E-state index contributed by atoms with van der Waals surface area (Å²) >= 11 is 1.65. The summed E-state index contributed by atoms with van der Waals surface area (Å²) in [4.78, 5) is 10.6. The summed E-state index contributed by atoms with van der Waals surface area (Å²) in [6.45, 7) is 8.38. The highest BCUT2D eigenvalue weighted by atomic mass is 32.1. The first kappa shape index (κ1) is 18.3. The van der Waals surface area contributed by atoms with E-state index < -0.39 is 0 Å². The van der Waals surface area contributed by atoms with Gasteiger partial charge in [0.15, 0.2) is 5.89 Å². The average molecular weight is 424 g/mol. The molecular formula is C26H21N3OS. The van der Waals surface area contributed by atoms with E-state index in [-0.39, 0.29) is 0 Å². The molecule has 3 heterocycles. The maximum absolute atomic E-state index is 5.80. The Bertz CT molecular complexity index is 1610. The zero-order chi connectivity index (χ0) is 21.3. The smallest absolute Gasteiger partial charge is 0.209 e. The predicted octanol–water partition coefficient (Wildman–Crippen LogP) is 7.28. The Labute approximate surface area is 183 Å². The van der Waals surface area contributed by atoms with E-state index in [2.05, 4.69) is 78.9 Å². The molecule has 0 radical (unpaired) electrons. The second-order valence-electron chi connectivity index (χ2n) is 8.13. The predicted molar refractivity (Wildman–Crippen MR) is 128 cm³/mol. The Balaban J connectivity index is 1.70. The molecule has 0 unspecified atom stereocenters. The number of hydrogen-bond acceptors (Lipinski definition) is 4. The normalized spacial score (nSPS) is 11.9. The topological polar surface area (TPSA) is 43.9 Å². The second-order valence-corrected chi connectivity index (χ2v) is 9.15. The fourth-order valence-corrected chi connectivity index (χ4v) is 5.59. The third-order valence-electron chi connectivity index (χ3n) is 5.95. The molecular weight excluding hydrogens is 402 g/mol. The zero-order valence-electron chi connectivity index (χ0n) is 17.9. The maximum atomic E-state index is 5.80. The molecule has 3 aromatic heterocycles. The number of thiophene rings is 1. The lowest BCUT2D eigenvalue weighted by Gasteiger charge is -2.16. The minimum atomic E-state index is 0.710. The molecule has 0 N–H and O–H groups in total. The SMILES string of the molecule is Cc1nc2c(o1)sc1cc(-c3nc4ccccc4n3-c3c(C)cccc3C)c(C)cc12. The van der Waals surface area contributed by atoms with Crippen LogP contribution in [0.3, 0.4) is 0 Å². The third kappa shape index (κ3) is 2.66. The highest BCUT2D eigenvalue weighted by molar-refractivity contribution is 7.25. The fraction of sp³-hybridized carbons (Fsp3) is 0.154. The third-order valence-corrected chi connectivity index (χ3v) is 6.97. The maximum Gasteiger partial charge on any atom is 0.209 e. The van der Waals surface area contributed by atoms with Crippen LogP contribution in [0.15, 0.2) is 59.0 Å². The van der Waals surface area contributed by atoms with E-state index in [0.717, 1.165) is 38.2 Å². The van der Waals surface area contributed by atoms with Gasteiger partial charge in [-0.15, -0.1) is 0 Å². The zero-order valence-corrected chi connectivity index (χ0v) is 18.7. The number of imidazole rings is 1. The van der Waals surface area contributed by atoms with Gasteiger partial charge in [0.1, 0.15) is 11.3 Å². The molecule has 152 valence electrons. The van der Waals surface area contributed by atoms with Crippen LogP contribution >= 0.6 is 11.3 Å². The number of rotatable bonds is 2. The average Bonchev–Trinajstić information content (AvgIpc) is 3.38. The lowest BCUT2D eigenvalue weighted by Crippen LogP contribution is -2.03. The van der Waals surface area contributed by atoms with E-state index in [1.54, 1.807) is 11.3 Å². The van der Waals surface area contributed by atoms with Gasteiger partial charge in [-0.1, -0.05) is 41.7 Å². The van der Waals surface area contributed by atoms with Crippen molar-refractivity contribution in [2.45, 2.75) is 27.7 Å². The van der Waals surface area contributed by atoms with Crippen LogP contribution in [0.4, 0.5) is 0 Å². The summed E-state index contributed by atoms with van der Waals surface area (Å²) in [6.07, 6.45) is 0. The van der Waals surface area contributed by atoms with Crippen LogP contribution in [0.5, 0.6) is 0 Å². The lowest BCUT2D eigenvalue weighted by molar-refractivity contribution is 0.567. The van der Waals surface area contributed by atoms with Gasteiger partial charge in [-0.25, -0.2) is 9.97 Å². The van der Waals surface area contributed by atoms with E-state index in [4.69, 9.17) is 9.40 Å². The highest BCUT2D eigenvalue weighted by Gasteiger charge is 2.20. The lowest BCUT2D eigenvalue weighted by atomic mass is 10.0. The number of benzene rings is 3. The molecule has 5 heteroatoms. The van der Waals surface area contributed by atoms with E-state index >= 15 is 0 Å². The van der Waals surface area contributed by atoms with Gasteiger partial charge in [0.2, 0.25) is 4.90 Å². The Kier molecular flexibility index (Phi) is 3.86. The Morgan fingerprint density at radius 3 is 2.42 bits per heavy atom. The summed E-state index contributed by atoms with van der Waals surface area (Å²) in [5.74, 6) is 1.67. The van der Waals surface area contributed by atoms with Gasteiger partial charge in [-0.2, -0.15) is 0 Å². The number of fused-ring (bicyclic) bond motifs is 4. The molecule has 0 bridgehead atoms. The second kappa shape index (κ2) is 6.53. The molecule has 6 aromatic rings. The molecule has 0 spiro atoms. The molecule has 0 fully saturated rings. The molecule has 0 aliphatic rings. The fourth-order valence-electron chi connectivity index (χ4n) is 4.54. The Morgan fingerprint density at radius 2 is 1.61 bits per heavy atom. The molecule has 31 heavy (non-hydrogen) atoms. The first-order valence-corrected chi connectivity index (χ1v) is 11.2. The minimum Gasteiger partial charge on any atom is -0.430 e. The molecule has 0 aliphatic heterocycles. The van der Waals surface area contributed by atoms with E-state index in [1.807, 2.05) is 13.0 Å². The van der Waals surface area contributed by atoms with Crippen LogP contribution < -0.4 is 0 Å². The quantitative estimate of drug-likeness (QED) is 0.294. The van der Waals surface area contributed by atoms with Gasteiger partial charge in [0.25, 0.3) is 0 Å². The number of hydrogen-bond donors (Lipinski definition) is 0. The minimum absolute atomic E-state index is 0.710. The highest BCUT2D eigenvalue weighted by Crippen LogP contribution is 2.39. The Morgan fingerprint density at radius 1 is 0.839 bits per heavy atom. The molecule has 0 saturated carbocycles. The van der Waals surface area contributed by atoms with Crippen molar-refractivity contribution in [3.8, 4) is 17.1 Å². The van der Waals surface area contributed by atoms with Crippen molar-refractivity contribution < 1.29 is 4.42 Å². The van der Waals surface area contributed by atoms with Gasteiger partial charge in [0.05, 0.1) is 16.7 Å². The number of aromatic nitrogens is 3. The van der Waals surface area contributed by atoms with Crippen molar-refractivity contribution in [3.05, 3.63) is 77.2 Å². The summed E-state index contributed by atoms with van der Waals surface area (Å²) in [7, 11) is 0. The van der Waals surface area contributed by atoms with Gasteiger partial charge >= 0.3 is 0 Å². The number of nitrogens with zero attached hydrogens (tertiary/aromatic N) is 3. The largest absolute Gasteiger partial charge is 0.430 e. The first-order valence-electron chi connectivity index (χ1n) is 10.4. The van der Waals surface area contributed by atoms with Crippen molar-refractivity contribution in [1.29, 1.82) is 0 Å². The van der Waals surface area contributed by atoms with Gasteiger partial charge in [0, 0.05) is 22.6 Å². The van der Waals surface area contributed by atoms with Crippen LogP contribution in [-0.2, 0) is 0 Å². The molecule has 3 aromatic carbocycles. The number of oxazole rings is 1. The first-order chi connectivity index (χ1) is 15.0. The van der Waals surface area contributed by atoms with Crippen LogP contribution in [0.25, 0.3) is 48.6 Å². The summed E-state index contributed by atoms with van der Waals surface area (Å²) in [6, 6.07) is 19.3. The molecule has 0 aliphatic carbocycles. The van der Waals surface area contributed by atoms with E-state index in [1.165, 1.54) is 27.1 Å². The summed E-state index contributed by atoms with van der Waals surface area (Å²) < 4.78 is 9.28. The standard InChI is InChI=1S/C26H21N3OS/c1-14-8-7-9-15(2)24(14)29-21-11-6-5-10-20(21)28-25(29)18-13-22-19(12-16(18)3)23-26(31-22)30-17(4)27-23/h5-13H,1-4H3. The van der Waals surface area contributed by atoms with Gasteiger partial charge in [-0.3, -0.25) is 4.57 Å². The van der Waals surface area contributed by atoms with Crippen molar-refractivity contribution in [1.82, 2.24) is 14.5 Å². The van der Waals surface area contributed by atoms with Crippen LogP contribution in [0, 0.1) is 27.7 Å². The van der Waals surface area contributed by atoms with Crippen molar-refractivity contribution in [2.75, 3.05) is 0 Å². The monoisotopic (exact) mass is 423 g/mol. The van der Waals surface area contributed by atoms with Gasteiger partial charge in [-0.05, 0) is 61.7 Å². The molecule has 0 saturated heterocycles. The van der Waals surface area contributed by atoms with Crippen LogP contribution in [-0.4, -0.2) is 14.5 Å². The molecule has 4 nitrogen and oxygen atoms in total. The van der Waals surface area contributed by atoms with Crippen molar-refractivity contribution in [2.24, 2.45) is 0 Å². The molecule has 0 atom stereocenters. The molecule has 0 amide bonds. The van der Waals surface area contributed by atoms with E-state index in [9.17, 15) is 0 Å². The Hall–Kier alpha value is -3.44. The summed E-state index contributed by atoms with van der Waals surface area (Å²) in [5, 5.41) is 1.15.